The second-order valence-electron chi connectivity index (χ2n) is 9.90. The molecule has 1 fully saturated rings. The van der Waals surface area contributed by atoms with Crippen LogP contribution in [0.25, 0.3) is 16.8 Å². The van der Waals surface area contributed by atoms with Crippen LogP contribution >= 0.6 is 0 Å². The molecule has 1 aliphatic heterocycles. The fourth-order valence-electron chi connectivity index (χ4n) is 4.49. The topological polar surface area (TPSA) is 62.8 Å². The minimum absolute atomic E-state index is 0.288. The van der Waals surface area contributed by atoms with Crippen LogP contribution in [0.4, 0.5) is 18.9 Å². The Hall–Kier alpha value is -3.63. The van der Waals surface area contributed by atoms with E-state index in [1.807, 2.05) is 18.2 Å². The van der Waals surface area contributed by atoms with Gasteiger partial charge in [-0.25, -0.2) is 9.97 Å². The van der Waals surface area contributed by atoms with Crippen molar-refractivity contribution in [2.45, 2.75) is 20.2 Å². The zero-order chi connectivity index (χ0) is 27.8. The highest BCUT2D eigenvalue weighted by Crippen LogP contribution is 2.33. The molecule has 10 heteroatoms. The van der Waals surface area contributed by atoms with Gasteiger partial charge in [0, 0.05) is 74.2 Å². The van der Waals surface area contributed by atoms with Gasteiger partial charge in [0.15, 0.2) is 0 Å². The second kappa shape index (κ2) is 12.9. The van der Waals surface area contributed by atoms with E-state index in [1.54, 1.807) is 12.4 Å². The highest BCUT2D eigenvalue weighted by molar-refractivity contribution is 5.80. The number of rotatable bonds is 11. The van der Waals surface area contributed by atoms with Crippen molar-refractivity contribution in [3.05, 3.63) is 73.3 Å². The number of aromatic nitrogens is 2. The number of piperazine rings is 1. The van der Waals surface area contributed by atoms with Gasteiger partial charge in [-0.3, -0.25) is 4.90 Å². The molecule has 0 amide bonds. The maximum atomic E-state index is 12.4. The lowest BCUT2D eigenvalue weighted by Gasteiger charge is -2.35. The van der Waals surface area contributed by atoms with Gasteiger partial charge in [0.1, 0.15) is 24.4 Å². The second-order valence-corrected chi connectivity index (χ2v) is 9.90. The smallest absolute Gasteiger partial charge is 0.492 e. The molecule has 0 unspecified atom stereocenters. The number of alkyl halides is 3. The molecule has 3 aromatic rings. The van der Waals surface area contributed by atoms with Crippen LogP contribution < -0.4 is 14.8 Å². The summed E-state index contributed by atoms with van der Waals surface area (Å²) in [7, 11) is 0. The van der Waals surface area contributed by atoms with Crippen molar-refractivity contribution in [3.8, 4) is 22.6 Å². The van der Waals surface area contributed by atoms with Crippen LogP contribution in [0.1, 0.15) is 19.4 Å². The molecule has 39 heavy (non-hydrogen) atoms. The summed E-state index contributed by atoms with van der Waals surface area (Å²) in [5.41, 5.74) is 3.57. The summed E-state index contributed by atoms with van der Waals surface area (Å²) in [6.07, 6.45) is 0.187. The highest BCUT2D eigenvalue weighted by Gasteiger charge is 2.31. The average molecular weight is 542 g/mol. The van der Waals surface area contributed by atoms with Gasteiger partial charge in [0.25, 0.3) is 0 Å². The summed E-state index contributed by atoms with van der Waals surface area (Å²) in [5, 5.41) is 3.13. The molecular formula is C29H34F3N5O2. The summed E-state index contributed by atoms with van der Waals surface area (Å²) in [5.74, 6) is 1.10. The molecule has 0 saturated carbocycles. The number of nitrogens with one attached hydrogen (secondary N) is 1. The Labute approximate surface area is 227 Å². The molecule has 2 aromatic carbocycles. The lowest BCUT2D eigenvalue weighted by molar-refractivity contribution is -0.274. The van der Waals surface area contributed by atoms with Crippen molar-refractivity contribution in [3.63, 3.8) is 0 Å². The standard InChI is InChI=1S/C29H34F3N5O2/c1-21(2)19-37-12-10-36(11-13-37)14-15-38-28-9-4-23(16-27(28)24-17-33-20-34-18-24)22(3)35-25-5-7-26(8-6-25)39-29(30,31)32/h4-9,16-18,20-21,35H,3,10-15,19H2,1-2H3. The van der Waals surface area contributed by atoms with Crippen LogP contribution in [0.15, 0.2) is 67.8 Å². The SMILES string of the molecule is C=C(Nc1ccc(OC(F)(F)F)cc1)c1ccc(OCCN2CCN(CC(C)C)CC2)c(-c2cncnc2)c1. The van der Waals surface area contributed by atoms with E-state index in [4.69, 9.17) is 4.74 Å². The summed E-state index contributed by atoms with van der Waals surface area (Å²) in [6, 6.07) is 11.2. The van der Waals surface area contributed by atoms with Gasteiger partial charge in [-0.15, -0.1) is 13.2 Å². The quantitative estimate of drug-likeness (QED) is 0.330. The fourth-order valence-corrected chi connectivity index (χ4v) is 4.49. The Morgan fingerprint density at radius 3 is 2.31 bits per heavy atom. The van der Waals surface area contributed by atoms with Gasteiger partial charge in [-0.2, -0.15) is 0 Å². The molecule has 1 aromatic heterocycles. The number of anilines is 1. The molecule has 1 N–H and O–H groups in total. The zero-order valence-electron chi connectivity index (χ0n) is 22.2. The molecule has 1 aliphatic rings. The molecule has 7 nitrogen and oxygen atoms in total. The number of halogens is 3. The first-order valence-electron chi connectivity index (χ1n) is 13.0. The summed E-state index contributed by atoms with van der Waals surface area (Å²) in [4.78, 5) is 13.2. The predicted octanol–water partition coefficient (Wildman–Crippen LogP) is 5.78. The zero-order valence-corrected chi connectivity index (χ0v) is 22.2. The van der Waals surface area contributed by atoms with Crippen LogP contribution in [0, 0.1) is 5.92 Å². The van der Waals surface area contributed by atoms with Crippen molar-refractivity contribution >= 4 is 11.4 Å². The molecule has 0 bridgehead atoms. The van der Waals surface area contributed by atoms with Gasteiger partial charge in [0.05, 0.1) is 0 Å². The molecule has 208 valence electrons. The third kappa shape index (κ3) is 8.69. The van der Waals surface area contributed by atoms with Gasteiger partial charge in [-0.05, 0) is 53.9 Å². The Morgan fingerprint density at radius 1 is 1.00 bits per heavy atom. The first-order chi connectivity index (χ1) is 18.7. The number of benzene rings is 2. The normalized spacial score (nSPS) is 14.8. The van der Waals surface area contributed by atoms with Gasteiger partial charge in [-0.1, -0.05) is 20.4 Å². The first kappa shape index (κ1) is 28.4. The highest BCUT2D eigenvalue weighted by atomic mass is 19.4. The van der Waals surface area contributed by atoms with E-state index in [9.17, 15) is 13.2 Å². The van der Waals surface area contributed by atoms with E-state index < -0.39 is 6.36 Å². The molecule has 0 radical (unpaired) electrons. The van der Waals surface area contributed by atoms with Crippen molar-refractivity contribution < 1.29 is 22.6 Å². The van der Waals surface area contributed by atoms with E-state index in [2.05, 4.69) is 50.2 Å². The van der Waals surface area contributed by atoms with E-state index in [0.717, 1.165) is 56.0 Å². The summed E-state index contributed by atoms with van der Waals surface area (Å²) in [6.45, 7) is 15.3. The summed E-state index contributed by atoms with van der Waals surface area (Å²) >= 11 is 0. The van der Waals surface area contributed by atoms with E-state index in [1.165, 1.54) is 30.6 Å². The molecule has 1 saturated heterocycles. The Balaban J connectivity index is 1.40. The monoisotopic (exact) mass is 541 g/mol. The Bertz CT molecular complexity index is 1210. The van der Waals surface area contributed by atoms with Crippen LogP contribution in [-0.4, -0.2) is 72.0 Å². The van der Waals surface area contributed by atoms with Crippen molar-refractivity contribution in [1.29, 1.82) is 0 Å². The Kier molecular flexibility index (Phi) is 9.42. The number of hydrogen-bond acceptors (Lipinski definition) is 7. The van der Waals surface area contributed by atoms with Crippen LogP contribution in [0.5, 0.6) is 11.5 Å². The van der Waals surface area contributed by atoms with Crippen molar-refractivity contribution in [1.82, 2.24) is 19.8 Å². The van der Waals surface area contributed by atoms with Crippen molar-refractivity contribution in [2.24, 2.45) is 5.92 Å². The fraction of sp³-hybridized carbons (Fsp3) is 0.379. The molecule has 0 spiro atoms. The molecular weight excluding hydrogens is 507 g/mol. The predicted molar refractivity (Wildman–Crippen MR) is 146 cm³/mol. The third-order valence-electron chi connectivity index (χ3n) is 6.34. The maximum absolute atomic E-state index is 12.4. The molecule has 0 aliphatic carbocycles. The molecule has 4 rings (SSSR count). The van der Waals surface area contributed by atoms with Gasteiger partial charge < -0.3 is 19.7 Å². The summed E-state index contributed by atoms with van der Waals surface area (Å²) < 4.78 is 47.5. The lowest BCUT2D eigenvalue weighted by atomic mass is 10.0. The van der Waals surface area contributed by atoms with Gasteiger partial charge >= 0.3 is 6.36 Å². The van der Waals surface area contributed by atoms with Crippen LogP contribution in [-0.2, 0) is 0 Å². The van der Waals surface area contributed by atoms with E-state index >= 15 is 0 Å². The molecule has 2 heterocycles. The number of hydrogen-bond donors (Lipinski definition) is 1. The number of ether oxygens (including phenoxy) is 2. The first-order valence-corrected chi connectivity index (χ1v) is 13.0. The minimum atomic E-state index is -4.73. The lowest BCUT2D eigenvalue weighted by Crippen LogP contribution is -2.48. The maximum Gasteiger partial charge on any atom is 0.573 e. The van der Waals surface area contributed by atoms with Crippen molar-refractivity contribution in [2.75, 3.05) is 51.2 Å². The Morgan fingerprint density at radius 2 is 1.67 bits per heavy atom. The third-order valence-corrected chi connectivity index (χ3v) is 6.34. The average Bonchev–Trinajstić information content (AvgIpc) is 2.90. The van der Waals surface area contributed by atoms with E-state index in [-0.39, 0.29) is 5.75 Å². The van der Waals surface area contributed by atoms with Crippen LogP contribution in [0.3, 0.4) is 0 Å². The van der Waals surface area contributed by atoms with Gasteiger partial charge in [0.2, 0.25) is 0 Å². The minimum Gasteiger partial charge on any atom is -0.492 e. The largest absolute Gasteiger partial charge is 0.573 e. The van der Waals surface area contributed by atoms with E-state index in [0.29, 0.717) is 29.7 Å². The molecule has 0 atom stereocenters. The number of nitrogens with zero attached hydrogens (tertiary/aromatic N) is 4. The van der Waals surface area contributed by atoms with Crippen LogP contribution in [0.2, 0.25) is 0 Å².